The van der Waals surface area contributed by atoms with Crippen molar-refractivity contribution in [1.82, 2.24) is 0 Å². The summed E-state index contributed by atoms with van der Waals surface area (Å²) >= 11 is 0. The lowest BCUT2D eigenvalue weighted by Gasteiger charge is -2.08. The van der Waals surface area contributed by atoms with E-state index >= 15 is 0 Å². The van der Waals surface area contributed by atoms with Crippen molar-refractivity contribution in [2.45, 2.75) is 6.61 Å². The van der Waals surface area contributed by atoms with Gasteiger partial charge < -0.3 is 4.74 Å². The zero-order chi connectivity index (χ0) is 18.2. The van der Waals surface area contributed by atoms with Gasteiger partial charge in [-0.25, -0.2) is 0 Å². The third-order valence-corrected chi connectivity index (χ3v) is 3.93. The minimum atomic E-state index is 0.340. The summed E-state index contributed by atoms with van der Waals surface area (Å²) in [4.78, 5) is 0. The first-order valence-electron chi connectivity index (χ1n) is 8.18. The number of ether oxygens (including phenoxy) is 1. The molecule has 0 N–H and O–H groups in total. The van der Waals surface area contributed by atoms with Crippen molar-refractivity contribution in [2.75, 3.05) is 0 Å². The van der Waals surface area contributed by atoms with E-state index < -0.39 is 0 Å². The summed E-state index contributed by atoms with van der Waals surface area (Å²) < 4.78 is 5.77. The highest BCUT2D eigenvalue weighted by Gasteiger charge is 2.03. The normalized spacial score (nSPS) is 10.6. The highest BCUT2D eigenvalue weighted by Crippen LogP contribution is 2.20. The minimum Gasteiger partial charge on any atom is -0.489 e. The average molecular weight is 336 g/mol. The number of hydrogen-bond acceptors (Lipinski definition) is 3. The van der Waals surface area contributed by atoms with Gasteiger partial charge >= 0.3 is 0 Å². The Morgan fingerprint density at radius 2 is 1.54 bits per heavy atom. The highest BCUT2D eigenvalue weighted by molar-refractivity contribution is 5.89. The number of nitrogens with zero attached hydrogens (tertiary/aromatic N) is 2. The molecule has 0 aliphatic heterocycles. The summed E-state index contributed by atoms with van der Waals surface area (Å²) in [6.45, 7) is 0.340. The molecule has 3 aromatic rings. The summed E-state index contributed by atoms with van der Waals surface area (Å²) in [7, 11) is 0. The van der Waals surface area contributed by atoms with Crippen LogP contribution in [0.1, 0.15) is 22.3 Å². The smallest absolute Gasteiger partial charge is 0.119 e. The third kappa shape index (κ3) is 4.17. The van der Waals surface area contributed by atoms with Crippen LogP contribution in [0.15, 0.2) is 78.9 Å². The molecule has 3 nitrogen and oxygen atoms in total. The van der Waals surface area contributed by atoms with Crippen molar-refractivity contribution in [2.24, 2.45) is 0 Å². The zero-order valence-corrected chi connectivity index (χ0v) is 14.1. The molecule has 0 saturated carbocycles. The van der Waals surface area contributed by atoms with E-state index in [1.807, 2.05) is 78.9 Å². The van der Waals surface area contributed by atoms with Crippen LogP contribution in [0.3, 0.4) is 0 Å². The maximum atomic E-state index is 9.39. The average Bonchev–Trinajstić information content (AvgIpc) is 2.72. The molecule has 0 atom stereocenters. The molecule has 3 aromatic carbocycles. The number of rotatable bonds is 5. The van der Waals surface area contributed by atoms with E-state index in [9.17, 15) is 5.26 Å². The summed E-state index contributed by atoms with van der Waals surface area (Å²) in [6.07, 6.45) is 1.85. The molecule has 0 aromatic heterocycles. The fourth-order valence-corrected chi connectivity index (χ4v) is 2.54. The molecule has 3 heteroatoms. The van der Waals surface area contributed by atoms with Gasteiger partial charge in [0.05, 0.1) is 23.3 Å². The Balaban J connectivity index is 1.72. The van der Waals surface area contributed by atoms with E-state index in [2.05, 4.69) is 12.1 Å². The van der Waals surface area contributed by atoms with E-state index in [0.717, 1.165) is 16.7 Å². The van der Waals surface area contributed by atoms with Gasteiger partial charge in [-0.15, -0.1) is 0 Å². The molecule has 124 valence electrons. The quantitative estimate of drug-likeness (QED) is 0.475. The molecular formula is C23H16N2O. The van der Waals surface area contributed by atoms with Gasteiger partial charge in [-0.3, -0.25) is 0 Å². The van der Waals surface area contributed by atoms with Gasteiger partial charge in [-0.2, -0.15) is 10.5 Å². The Morgan fingerprint density at radius 3 is 2.23 bits per heavy atom. The molecule has 0 amide bonds. The van der Waals surface area contributed by atoms with Crippen molar-refractivity contribution in [3.8, 4) is 17.9 Å². The van der Waals surface area contributed by atoms with E-state index in [1.165, 1.54) is 0 Å². The van der Waals surface area contributed by atoms with Crippen molar-refractivity contribution >= 4 is 11.6 Å². The molecule has 0 radical (unpaired) electrons. The molecule has 26 heavy (non-hydrogen) atoms. The lowest BCUT2D eigenvalue weighted by atomic mass is 10.0. The predicted octanol–water partition coefficient (Wildman–Crippen LogP) is 5.20. The lowest BCUT2D eigenvalue weighted by molar-refractivity contribution is 0.306. The van der Waals surface area contributed by atoms with Crippen LogP contribution in [0.4, 0.5) is 0 Å². The summed E-state index contributed by atoms with van der Waals surface area (Å²) in [5.41, 5.74) is 3.91. The van der Waals surface area contributed by atoms with Crippen LogP contribution in [0, 0.1) is 22.7 Å². The zero-order valence-electron chi connectivity index (χ0n) is 14.1. The summed E-state index contributed by atoms with van der Waals surface area (Å²) in [5.74, 6) is 0.716. The van der Waals surface area contributed by atoms with Crippen molar-refractivity contribution in [3.05, 3.63) is 101 Å². The van der Waals surface area contributed by atoms with Gasteiger partial charge in [-0.1, -0.05) is 60.7 Å². The van der Waals surface area contributed by atoms with Crippen LogP contribution in [0.5, 0.6) is 5.75 Å². The first kappa shape index (κ1) is 17.0. The lowest BCUT2D eigenvalue weighted by Crippen LogP contribution is -1.98. The van der Waals surface area contributed by atoms with E-state index in [0.29, 0.717) is 23.5 Å². The van der Waals surface area contributed by atoms with E-state index in [4.69, 9.17) is 10.00 Å². The van der Waals surface area contributed by atoms with Gasteiger partial charge in [0.25, 0.3) is 0 Å². The van der Waals surface area contributed by atoms with Crippen molar-refractivity contribution < 1.29 is 4.74 Å². The van der Waals surface area contributed by atoms with E-state index in [1.54, 1.807) is 6.07 Å². The number of nitriles is 2. The maximum absolute atomic E-state index is 9.39. The first-order valence-corrected chi connectivity index (χ1v) is 8.18. The summed E-state index contributed by atoms with van der Waals surface area (Å²) in [5, 5.41) is 18.5. The van der Waals surface area contributed by atoms with Crippen LogP contribution in [-0.4, -0.2) is 0 Å². The summed E-state index contributed by atoms with van der Waals surface area (Å²) in [6, 6.07) is 28.9. The highest BCUT2D eigenvalue weighted by atomic mass is 16.5. The molecule has 0 heterocycles. The predicted molar refractivity (Wildman–Crippen MR) is 102 cm³/mol. The van der Waals surface area contributed by atoms with Gasteiger partial charge in [0, 0.05) is 5.56 Å². The third-order valence-electron chi connectivity index (χ3n) is 3.93. The Labute approximate surface area is 153 Å². The second-order valence-electron chi connectivity index (χ2n) is 5.66. The number of allylic oxidation sites excluding steroid dienone is 1. The van der Waals surface area contributed by atoms with Gasteiger partial charge in [0.15, 0.2) is 0 Å². The Morgan fingerprint density at radius 1 is 0.846 bits per heavy atom. The van der Waals surface area contributed by atoms with E-state index in [-0.39, 0.29) is 0 Å². The maximum Gasteiger partial charge on any atom is 0.119 e. The van der Waals surface area contributed by atoms with Crippen molar-refractivity contribution in [3.63, 3.8) is 0 Å². The Hall–Kier alpha value is -3.82. The Bertz CT molecular complexity index is 991. The second-order valence-corrected chi connectivity index (χ2v) is 5.66. The van der Waals surface area contributed by atoms with Crippen LogP contribution < -0.4 is 4.74 Å². The number of hydrogen-bond donors (Lipinski definition) is 0. The molecule has 0 aliphatic carbocycles. The monoisotopic (exact) mass is 336 g/mol. The number of benzene rings is 3. The van der Waals surface area contributed by atoms with Crippen LogP contribution >= 0.6 is 0 Å². The topological polar surface area (TPSA) is 56.8 Å². The molecule has 0 aliphatic rings. The standard InChI is InChI=1S/C23H16N2O/c24-15-20-8-4-5-9-21(20)17-26-23-12-10-18(11-13-23)14-22(16-25)19-6-2-1-3-7-19/h1-14H,17H2/b22-14+. The molecule has 3 rings (SSSR count). The first-order chi connectivity index (χ1) is 12.8. The second kappa shape index (κ2) is 8.33. The molecular weight excluding hydrogens is 320 g/mol. The van der Waals surface area contributed by atoms with Crippen LogP contribution in [-0.2, 0) is 6.61 Å². The SMILES string of the molecule is N#C/C(=C\c1ccc(OCc2ccccc2C#N)cc1)c1ccccc1. The molecule has 0 fully saturated rings. The minimum absolute atomic E-state index is 0.340. The molecule has 0 unspecified atom stereocenters. The molecule has 0 bridgehead atoms. The largest absolute Gasteiger partial charge is 0.489 e. The van der Waals surface area contributed by atoms with Gasteiger partial charge in [0.2, 0.25) is 0 Å². The van der Waals surface area contributed by atoms with Gasteiger partial charge in [0.1, 0.15) is 12.4 Å². The van der Waals surface area contributed by atoms with Crippen LogP contribution in [0.2, 0.25) is 0 Å². The Kier molecular flexibility index (Phi) is 5.45. The van der Waals surface area contributed by atoms with Gasteiger partial charge in [-0.05, 0) is 35.4 Å². The van der Waals surface area contributed by atoms with Crippen molar-refractivity contribution in [1.29, 1.82) is 10.5 Å². The van der Waals surface area contributed by atoms with Crippen LogP contribution in [0.25, 0.3) is 11.6 Å². The molecule has 0 spiro atoms. The molecule has 0 saturated heterocycles. The fourth-order valence-electron chi connectivity index (χ4n) is 2.54. The fraction of sp³-hybridized carbons (Fsp3) is 0.0435.